The molecular weight excluding hydrogens is 474 g/mol. The molecule has 1 amide bonds. The van der Waals surface area contributed by atoms with E-state index in [9.17, 15) is 4.79 Å². The molecule has 1 saturated carbocycles. The minimum Gasteiger partial charge on any atom is -0.444 e. The predicted octanol–water partition coefficient (Wildman–Crippen LogP) is 4.82. The van der Waals surface area contributed by atoms with Gasteiger partial charge in [-0.3, -0.25) is 0 Å². The summed E-state index contributed by atoms with van der Waals surface area (Å²) >= 11 is 7.53. The number of nitrogens with zero attached hydrogens (tertiary/aromatic N) is 4. The van der Waals surface area contributed by atoms with Crippen LogP contribution in [0.2, 0.25) is 5.02 Å². The standard InChI is InChI=1S/C23H32ClN7O2S/c1-22(2,3)33-21(32)31-11-9-23(13-31)7-4-14(5-8-23)29-16-12-28-20(19(26)30-16)34-15-6-10-27-18(25)17(15)24/h6,10,12,14H,4-5,7-9,11,13H2,1-3H3,(H2,25,27)(H3,26,29,30). The second-order valence-electron chi connectivity index (χ2n) is 10.1. The lowest BCUT2D eigenvalue weighted by atomic mass is 9.72. The third-order valence-electron chi connectivity index (χ3n) is 6.34. The Bertz CT molecular complexity index is 1050. The molecule has 0 atom stereocenters. The van der Waals surface area contributed by atoms with E-state index >= 15 is 0 Å². The lowest BCUT2D eigenvalue weighted by Crippen LogP contribution is -2.39. The minimum atomic E-state index is -0.469. The first-order chi connectivity index (χ1) is 16.0. The second-order valence-corrected chi connectivity index (χ2v) is 11.5. The number of rotatable bonds is 4. The molecular formula is C23H32ClN7O2S. The fourth-order valence-corrected chi connectivity index (χ4v) is 5.59. The van der Waals surface area contributed by atoms with Crippen LogP contribution in [-0.4, -0.2) is 50.7 Å². The van der Waals surface area contributed by atoms with Gasteiger partial charge in [0.25, 0.3) is 0 Å². The van der Waals surface area contributed by atoms with Gasteiger partial charge in [0.1, 0.15) is 22.3 Å². The largest absolute Gasteiger partial charge is 0.444 e. The van der Waals surface area contributed by atoms with E-state index in [1.54, 1.807) is 18.5 Å². The molecule has 3 heterocycles. The van der Waals surface area contributed by atoms with Crippen LogP contribution in [0.15, 0.2) is 28.4 Å². The number of nitrogens with one attached hydrogen (secondary N) is 1. The van der Waals surface area contributed by atoms with Crippen molar-refractivity contribution in [2.24, 2.45) is 5.41 Å². The summed E-state index contributed by atoms with van der Waals surface area (Å²) in [6.45, 7) is 7.24. The summed E-state index contributed by atoms with van der Waals surface area (Å²) in [4.78, 5) is 28.0. The summed E-state index contributed by atoms with van der Waals surface area (Å²) < 4.78 is 5.56. The number of hydrogen-bond donors (Lipinski definition) is 3. The van der Waals surface area contributed by atoms with Crippen LogP contribution in [0.3, 0.4) is 0 Å². The molecule has 1 aliphatic heterocycles. The lowest BCUT2D eigenvalue weighted by Gasteiger charge is -2.37. The number of halogens is 1. The van der Waals surface area contributed by atoms with Gasteiger partial charge in [-0.2, -0.15) is 0 Å². The highest BCUT2D eigenvalue weighted by Crippen LogP contribution is 2.44. The molecule has 2 aromatic heterocycles. The van der Waals surface area contributed by atoms with Crippen molar-refractivity contribution >= 4 is 46.9 Å². The number of carbonyl (C=O) groups excluding carboxylic acids is 1. The first-order valence-electron chi connectivity index (χ1n) is 11.5. The number of hydrogen-bond acceptors (Lipinski definition) is 9. The molecule has 2 fully saturated rings. The van der Waals surface area contributed by atoms with Crippen molar-refractivity contribution in [2.45, 2.75) is 74.4 Å². The highest BCUT2D eigenvalue weighted by molar-refractivity contribution is 7.99. The fourth-order valence-electron chi connectivity index (χ4n) is 4.57. The van der Waals surface area contributed by atoms with Crippen molar-refractivity contribution in [1.82, 2.24) is 19.9 Å². The molecule has 184 valence electrons. The Morgan fingerprint density at radius 3 is 2.65 bits per heavy atom. The summed E-state index contributed by atoms with van der Waals surface area (Å²) in [6, 6.07) is 2.06. The molecule has 4 rings (SSSR count). The van der Waals surface area contributed by atoms with Crippen molar-refractivity contribution in [2.75, 3.05) is 29.9 Å². The van der Waals surface area contributed by atoms with Crippen LogP contribution in [-0.2, 0) is 4.74 Å². The van der Waals surface area contributed by atoms with Gasteiger partial charge in [-0.15, -0.1) is 0 Å². The molecule has 0 aromatic carbocycles. The van der Waals surface area contributed by atoms with Crippen LogP contribution in [0, 0.1) is 5.41 Å². The lowest BCUT2D eigenvalue weighted by molar-refractivity contribution is 0.0261. The zero-order chi connectivity index (χ0) is 24.5. The van der Waals surface area contributed by atoms with Crippen LogP contribution >= 0.6 is 23.4 Å². The average Bonchev–Trinajstić information content (AvgIpc) is 3.18. The maximum Gasteiger partial charge on any atom is 0.410 e. The van der Waals surface area contributed by atoms with Crippen molar-refractivity contribution < 1.29 is 9.53 Å². The summed E-state index contributed by atoms with van der Waals surface area (Å²) in [7, 11) is 0. The summed E-state index contributed by atoms with van der Waals surface area (Å²) in [6.07, 6.45) is 8.24. The van der Waals surface area contributed by atoms with Crippen molar-refractivity contribution in [3.63, 3.8) is 0 Å². The van der Waals surface area contributed by atoms with Gasteiger partial charge < -0.3 is 26.4 Å². The Hall–Kier alpha value is -2.46. The Labute approximate surface area is 209 Å². The highest BCUT2D eigenvalue weighted by Gasteiger charge is 2.43. The molecule has 1 spiro atoms. The van der Waals surface area contributed by atoms with Crippen LogP contribution in [0.5, 0.6) is 0 Å². The smallest absolute Gasteiger partial charge is 0.410 e. The van der Waals surface area contributed by atoms with Crippen LogP contribution in [0.1, 0.15) is 52.9 Å². The van der Waals surface area contributed by atoms with Crippen LogP contribution < -0.4 is 16.8 Å². The van der Waals surface area contributed by atoms with E-state index in [1.807, 2.05) is 25.7 Å². The van der Waals surface area contributed by atoms with Gasteiger partial charge in [-0.05, 0) is 64.4 Å². The average molecular weight is 506 g/mol. The number of nitrogens with two attached hydrogens (primary N) is 2. The first-order valence-corrected chi connectivity index (χ1v) is 12.7. The van der Waals surface area contributed by atoms with Crippen molar-refractivity contribution in [3.8, 4) is 0 Å². The van der Waals surface area contributed by atoms with Crippen LogP contribution in [0.25, 0.3) is 0 Å². The number of likely N-dealkylation sites (tertiary alicyclic amines) is 1. The van der Waals surface area contributed by atoms with E-state index in [0.717, 1.165) is 50.1 Å². The third kappa shape index (κ3) is 5.78. The van der Waals surface area contributed by atoms with E-state index in [0.29, 0.717) is 27.7 Å². The van der Waals surface area contributed by atoms with Crippen molar-refractivity contribution in [1.29, 1.82) is 0 Å². The maximum absolute atomic E-state index is 12.4. The molecule has 2 aromatic rings. The Morgan fingerprint density at radius 2 is 1.97 bits per heavy atom. The molecule has 2 aliphatic rings. The van der Waals surface area contributed by atoms with Gasteiger partial charge >= 0.3 is 6.09 Å². The van der Waals surface area contributed by atoms with E-state index in [2.05, 4.69) is 20.3 Å². The van der Waals surface area contributed by atoms with Gasteiger partial charge in [0, 0.05) is 30.2 Å². The zero-order valence-electron chi connectivity index (χ0n) is 19.8. The number of amides is 1. The summed E-state index contributed by atoms with van der Waals surface area (Å²) in [5.74, 6) is 1.26. The number of nitrogen functional groups attached to an aromatic ring is 2. The SMILES string of the molecule is CC(C)(C)OC(=O)N1CCC2(CCC(Nc3cnc(Sc4ccnc(N)c4Cl)c(N)n3)CC2)C1. The number of carbonyl (C=O) groups is 1. The molecule has 11 heteroatoms. The van der Waals surface area contributed by atoms with Crippen molar-refractivity contribution in [3.05, 3.63) is 23.5 Å². The summed E-state index contributed by atoms with van der Waals surface area (Å²) in [5.41, 5.74) is 11.7. The Balaban J connectivity index is 1.31. The number of aromatic nitrogens is 3. The van der Waals surface area contributed by atoms with Gasteiger partial charge in [-0.25, -0.2) is 19.7 Å². The number of pyridine rings is 1. The highest BCUT2D eigenvalue weighted by atomic mass is 35.5. The molecule has 0 unspecified atom stereocenters. The molecule has 5 N–H and O–H groups in total. The molecule has 34 heavy (non-hydrogen) atoms. The molecule has 1 aliphatic carbocycles. The number of ether oxygens (including phenoxy) is 1. The molecule has 9 nitrogen and oxygen atoms in total. The molecule has 0 radical (unpaired) electrons. The van der Waals surface area contributed by atoms with Gasteiger partial charge in [0.15, 0.2) is 5.82 Å². The molecule has 0 bridgehead atoms. The van der Waals surface area contributed by atoms with Gasteiger partial charge in [-0.1, -0.05) is 23.4 Å². The quantitative estimate of drug-likeness (QED) is 0.534. The van der Waals surface area contributed by atoms with E-state index < -0.39 is 5.60 Å². The van der Waals surface area contributed by atoms with E-state index in [4.69, 9.17) is 27.8 Å². The third-order valence-corrected chi connectivity index (χ3v) is 7.92. The van der Waals surface area contributed by atoms with Crippen LogP contribution in [0.4, 0.5) is 22.2 Å². The fraction of sp³-hybridized carbons (Fsp3) is 0.565. The Morgan fingerprint density at radius 1 is 1.24 bits per heavy atom. The number of anilines is 3. The zero-order valence-corrected chi connectivity index (χ0v) is 21.4. The Kier molecular flexibility index (Phi) is 7.00. The first kappa shape index (κ1) is 24.7. The predicted molar refractivity (Wildman–Crippen MR) is 135 cm³/mol. The summed E-state index contributed by atoms with van der Waals surface area (Å²) in [5, 5.41) is 4.42. The van der Waals surface area contributed by atoms with E-state index in [1.165, 1.54) is 11.8 Å². The van der Waals surface area contributed by atoms with Gasteiger partial charge in [0.2, 0.25) is 0 Å². The minimum absolute atomic E-state index is 0.186. The molecule has 1 saturated heterocycles. The maximum atomic E-state index is 12.4. The van der Waals surface area contributed by atoms with Gasteiger partial charge in [0.05, 0.1) is 11.2 Å². The normalized spacial score (nSPS) is 22.7. The monoisotopic (exact) mass is 505 g/mol. The topological polar surface area (TPSA) is 132 Å². The second kappa shape index (κ2) is 9.65. The van der Waals surface area contributed by atoms with E-state index in [-0.39, 0.29) is 17.3 Å².